The van der Waals surface area contributed by atoms with E-state index in [2.05, 4.69) is 27.4 Å². The fourth-order valence-electron chi connectivity index (χ4n) is 6.47. The van der Waals surface area contributed by atoms with Crippen LogP contribution in [0.4, 0.5) is 0 Å². The predicted octanol–water partition coefficient (Wildman–Crippen LogP) is 3.02. The Morgan fingerprint density at radius 1 is 1.17 bits per heavy atom. The number of rotatable bonds is 0. The van der Waals surface area contributed by atoms with Crippen LogP contribution in [0.3, 0.4) is 0 Å². The van der Waals surface area contributed by atoms with E-state index in [4.69, 9.17) is 0 Å². The summed E-state index contributed by atoms with van der Waals surface area (Å²) in [5.41, 5.74) is 2.79. The number of aliphatic hydroxyl groups is 2. The molecule has 0 spiro atoms. The van der Waals surface area contributed by atoms with Crippen molar-refractivity contribution in [2.24, 2.45) is 28.6 Å². The van der Waals surface area contributed by atoms with Crippen molar-refractivity contribution in [3.8, 4) is 0 Å². The average Bonchev–Trinajstić information content (AvgIpc) is 2.62. The Bertz CT molecular complexity index is 629. The second-order valence-electron chi connectivity index (χ2n) is 9.10. The molecule has 2 N–H and O–H groups in total. The number of ketones is 1. The molecule has 6 atom stereocenters. The van der Waals surface area contributed by atoms with Crippen molar-refractivity contribution in [1.82, 2.24) is 0 Å². The van der Waals surface area contributed by atoms with Crippen LogP contribution in [0.1, 0.15) is 52.9 Å². The zero-order chi connectivity index (χ0) is 16.7. The molecule has 3 heteroatoms. The van der Waals surface area contributed by atoms with Crippen molar-refractivity contribution < 1.29 is 15.0 Å². The van der Waals surface area contributed by atoms with Gasteiger partial charge in [0.25, 0.3) is 0 Å². The van der Waals surface area contributed by atoms with E-state index in [0.29, 0.717) is 11.5 Å². The largest absolute Gasteiger partial charge is 0.392 e. The first-order chi connectivity index (χ1) is 10.7. The molecule has 0 aromatic carbocycles. The molecule has 2 fully saturated rings. The Balaban J connectivity index is 1.89. The van der Waals surface area contributed by atoms with Crippen LogP contribution in [0.25, 0.3) is 0 Å². The molecule has 3 nitrogen and oxygen atoms in total. The Hall–Kier alpha value is -0.930. The second kappa shape index (κ2) is 4.58. The molecule has 0 amide bonds. The molecule has 4 aliphatic carbocycles. The van der Waals surface area contributed by atoms with E-state index in [-0.39, 0.29) is 22.5 Å². The van der Waals surface area contributed by atoms with Gasteiger partial charge < -0.3 is 10.2 Å². The first kappa shape index (κ1) is 15.6. The molecule has 0 heterocycles. The molecule has 0 aromatic rings. The van der Waals surface area contributed by atoms with Gasteiger partial charge in [-0.3, -0.25) is 4.79 Å². The van der Waals surface area contributed by atoms with Gasteiger partial charge in [0.15, 0.2) is 5.78 Å². The van der Waals surface area contributed by atoms with Gasteiger partial charge >= 0.3 is 0 Å². The molecular weight excluding hydrogens is 288 g/mol. The first-order valence-corrected chi connectivity index (χ1v) is 9.01. The van der Waals surface area contributed by atoms with E-state index in [9.17, 15) is 15.0 Å². The highest BCUT2D eigenvalue weighted by molar-refractivity contribution is 6.03. The summed E-state index contributed by atoms with van der Waals surface area (Å²) in [7, 11) is 0. The number of carbonyl (C=O) groups excluding carboxylic acids is 1. The number of allylic oxidation sites excluding steroid dienone is 1. The minimum atomic E-state index is -0.637. The third kappa shape index (κ3) is 1.76. The lowest BCUT2D eigenvalue weighted by molar-refractivity contribution is -0.123. The van der Waals surface area contributed by atoms with Crippen LogP contribution >= 0.6 is 0 Å². The summed E-state index contributed by atoms with van der Waals surface area (Å²) in [4.78, 5) is 12.8. The smallest absolute Gasteiger partial charge is 0.168 e. The van der Waals surface area contributed by atoms with E-state index in [1.165, 1.54) is 5.57 Å². The summed E-state index contributed by atoms with van der Waals surface area (Å²) in [5, 5.41) is 21.7. The summed E-state index contributed by atoms with van der Waals surface area (Å²) < 4.78 is 0. The van der Waals surface area contributed by atoms with E-state index < -0.39 is 18.1 Å². The highest BCUT2D eigenvalue weighted by Gasteiger charge is 2.62. The normalized spacial score (nSPS) is 48.3. The van der Waals surface area contributed by atoms with Gasteiger partial charge in [-0.2, -0.15) is 0 Å². The Morgan fingerprint density at radius 2 is 1.87 bits per heavy atom. The standard InChI is InChI=1S/C20H28O3/c1-10-12-9-11-5-6-13-19(2,3)8-7-14(21)20(13,4)16(11)15(17(10)22)18(12)23/h12-15,18,21,23H,1,5-9H2,2-4H3/t12-,13-,14+,15?,18+,20+/m1/s1. The number of Topliss-reactive ketones (excluding diaryl/α,β-unsaturated/α-hetero) is 1. The summed E-state index contributed by atoms with van der Waals surface area (Å²) >= 11 is 0. The van der Waals surface area contributed by atoms with Crippen LogP contribution in [-0.4, -0.2) is 28.2 Å². The molecule has 126 valence electrons. The van der Waals surface area contributed by atoms with Crippen LogP contribution in [0, 0.1) is 28.6 Å². The lowest BCUT2D eigenvalue weighted by Crippen LogP contribution is -2.56. The molecule has 1 unspecified atom stereocenters. The predicted molar refractivity (Wildman–Crippen MR) is 88.6 cm³/mol. The van der Waals surface area contributed by atoms with Crippen molar-refractivity contribution in [2.75, 3.05) is 0 Å². The van der Waals surface area contributed by atoms with E-state index in [0.717, 1.165) is 37.7 Å². The van der Waals surface area contributed by atoms with Crippen molar-refractivity contribution >= 4 is 5.78 Å². The number of aliphatic hydroxyl groups excluding tert-OH is 2. The number of fused-ring (bicyclic) bond motifs is 5. The van der Waals surface area contributed by atoms with Crippen LogP contribution in [0.5, 0.6) is 0 Å². The molecule has 2 saturated carbocycles. The molecular formula is C20H28O3. The van der Waals surface area contributed by atoms with Crippen LogP contribution in [0.15, 0.2) is 23.3 Å². The highest BCUT2D eigenvalue weighted by Crippen LogP contribution is 2.64. The number of carbonyl (C=O) groups is 1. The zero-order valence-electron chi connectivity index (χ0n) is 14.4. The average molecular weight is 316 g/mol. The van der Waals surface area contributed by atoms with Gasteiger partial charge in [0.05, 0.1) is 18.1 Å². The SMILES string of the molecule is C=C1C(=O)C2C3=C(CC[C@@H]4C(C)(C)CC[C@H](O)[C@@]34C)C[C@H]1[C@@H]2O. The molecule has 0 saturated heterocycles. The van der Waals surface area contributed by atoms with Crippen LogP contribution in [-0.2, 0) is 4.79 Å². The zero-order valence-corrected chi connectivity index (χ0v) is 14.4. The van der Waals surface area contributed by atoms with Gasteiger partial charge in [-0.1, -0.05) is 32.9 Å². The molecule has 2 bridgehead atoms. The van der Waals surface area contributed by atoms with E-state index in [1.807, 2.05) is 0 Å². The molecule has 0 aromatic heterocycles. The molecule has 4 aliphatic rings. The van der Waals surface area contributed by atoms with Gasteiger partial charge in [0.2, 0.25) is 0 Å². The monoisotopic (exact) mass is 316 g/mol. The fourth-order valence-corrected chi connectivity index (χ4v) is 6.47. The lowest BCUT2D eigenvalue weighted by atomic mass is 9.46. The fraction of sp³-hybridized carbons (Fsp3) is 0.750. The summed E-state index contributed by atoms with van der Waals surface area (Å²) in [6.45, 7) is 10.7. The summed E-state index contributed by atoms with van der Waals surface area (Å²) in [5.74, 6) is -0.166. The first-order valence-electron chi connectivity index (χ1n) is 9.01. The Morgan fingerprint density at radius 3 is 2.57 bits per heavy atom. The maximum atomic E-state index is 12.8. The van der Waals surface area contributed by atoms with Crippen molar-refractivity contribution in [2.45, 2.75) is 65.1 Å². The Labute approximate surface area is 138 Å². The van der Waals surface area contributed by atoms with Gasteiger partial charge in [-0.25, -0.2) is 0 Å². The number of hydrogen-bond acceptors (Lipinski definition) is 3. The van der Waals surface area contributed by atoms with Crippen molar-refractivity contribution in [1.29, 1.82) is 0 Å². The third-order valence-corrected chi connectivity index (χ3v) is 7.70. The Kier molecular flexibility index (Phi) is 3.10. The highest BCUT2D eigenvalue weighted by atomic mass is 16.3. The number of hydrogen-bond donors (Lipinski definition) is 2. The van der Waals surface area contributed by atoms with Crippen LogP contribution in [0.2, 0.25) is 0 Å². The third-order valence-electron chi connectivity index (χ3n) is 7.70. The van der Waals surface area contributed by atoms with Gasteiger partial charge in [-0.15, -0.1) is 0 Å². The van der Waals surface area contributed by atoms with Gasteiger partial charge in [0.1, 0.15) is 0 Å². The minimum Gasteiger partial charge on any atom is -0.392 e. The van der Waals surface area contributed by atoms with E-state index in [1.54, 1.807) is 0 Å². The molecule has 0 radical (unpaired) electrons. The summed E-state index contributed by atoms with van der Waals surface area (Å²) in [6, 6.07) is 0. The summed E-state index contributed by atoms with van der Waals surface area (Å²) in [6.07, 6.45) is 3.58. The maximum Gasteiger partial charge on any atom is 0.168 e. The molecule has 4 rings (SSSR count). The van der Waals surface area contributed by atoms with Crippen molar-refractivity contribution in [3.63, 3.8) is 0 Å². The van der Waals surface area contributed by atoms with E-state index >= 15 is 0 Å². The van der Waals surface area contributed by atoms with Crippen molar-refractivity contribution in [3.05, 3.63) is 23.3 Å². The quantitative estimate of drug-likeness (QED) is 0.533. The maximum absolute atomic E-state index is 12.8. The van der Waals surface area contributed by atoms with Crippen LogP contribution < -0.4 is 0 Å². The minimum absolute atomic E-state index is 0.0185. The van der Waals surface area contributed by atoms with Gasteiger partial charge in [-0.05, 0) is 54.6 Å². The molecule has 23 heavy (non-hydrogen) atoms. The molecule has 0 aliphatic heterocycles. The topological polar surface area (TPSA) is 57.5 Å². The lowest BCUT2D eigenvalue weighted by Gasteiger charge is -2.59. The van der Waals surface area contributed by atoms with Gasteiger partial charge in [0, 0.05) is 11.3 Å². The second-order valence-corrected chi connectivity index (χ2v) is 9.10.